The average molecular weight is 536 g/mol. The van der Waals surface area contributed by atoms with Gasteiger partial charge in [0.2, 0.25) is 0 Å². The standard InChI is InChI=1S/C22H37N3O2S.HI/c1-6-23-20(24-16-21(3,4)28-5)25-17-22(12-14-26-15-13-22)18-8-10-19(11-9-18)27-7-2;/h8-11H,6-7,12-17H2,1-5H3,(H2,23,24,25);1H. The number of rotatable bonds is 9. The Morgan fingerprint density at radius 1 is 1.17 bits per heavy atom. The maximum atomic E-state index is 5.67. The summed E-state index contributed by atoms with van der Waals surface area (Å²) in [6.45, 7) is 13.3. The van der Waals surface area contributed by atoms with E-state index in [0.29, 0.717) is 6.61 Å². The van der Waals surface area contributed by atoms with Crippen molar-refractivity contribution in [3.05, 3.63) is 29.8 Å². The molecule has 2 rings (SSSR count). The number of hydrogen-bond donors (Lipinski definition) is 2. The molecule has 1 fully saturated rings. The van der Waals surface area contributed by atoms with Gasteiger partial charge in [-0.1, -0.05) is 12.1 Å². The van der Waals surface area contributed by atoms with Gasteiger partial charge < -0.3 is 20.1 Å². The van der Waals surface area contributed by atoms with Gasteiger partial charge in [0.25, 0.3) is 0 Å². The first-order valence-electron chi connectivity index (χ1n) is 10.3. The third-order valence-electron chi connectivity index (χ3n) is 5.34. The van der Waals surface area contributed by atoms with Crippen LogP contribution < -0.4 is 15.4 Å². The van der Waals surface area contributed by atoms with Crippen molar-refractivity contribution in [1.82, 2.24) is 10.6 Å². The topological polar surface area (TPSA) is 54.9 Å². The molecule has 1 aliphatic rings. The molecule has 0 atom stereocenters. The average Bonchev–Trinajstić information content (AvgIpc) is 2.71. The molecule has 0 saturated carbocycles. The van der Waals surface area contributed by atoms with E-state index in [1.165, 1.54) is 5.56 Å². The van der Waals surface area contributed by atoms with E-state index in [-0.39, 0.29) is 34.1 Å². The molecule has 1 saturated heterocycles. The summed E-state index contributed by atoms with van der Waals surface area (Å²) in [4.78, 5) is 4.83. The number of benzene rings is 1. The Kier molecular flexibility index (Phi) is 11.7. The molecular formula is C22H38IN3O2S. The molecule has 1 aromatic carbocycles. The number of ether oxygens (including phenoxy) is 2. The number of nitrogens with zero attached hydrogens (tertiary/aromatic N) is 1. The Bertz CT molecular complexity index is 617. The van der Waals surface area contributed by atoms with Crippen molar-refractivity contribution in [2.45, 2.75) is 50.7 Å². The molecule has 1 heterocycles. The van der Waals surface area contributed by atoms with Crippen LogP contribution in [0.25, 0.3) is 0 Å². The number of aliphatic imine (C=N–C) groups is 1. The summed E-state index contributed by atoms with van der Waals surface area (Å²) in [5.41, 5.74) is 1.39. The van der Waals surface area contributed by atoms with Gasteiger partial charge in [-0.2, -0.15) is 11.8 Å². The van der Waals surface area contributed by atoms with Crippen molar-refractivity contribution in [1.29, 1.82) is 0 Å². The molecule has 29 heavy (non-hydrogen) atoms. The molecule has 7 heteroatoms. The molecule has 0 bridgehead atoms. The molecule has 0 spiro atoms. The summed E-state index contributed by atoms with van der Waals surface area (Å²) in [6, 6.07) is 8.57. The predicted octanol–water partition coefficient (Wildman–Crippen LogP) is 4.45. The van der Waals surface area contributed by atoms with E-state index in [9.17, 15) is 0 Å². The van der Waals surface area contributed by atoms with E-state index in [1.807, 2.05) is 18.7 Å². The van der Waals surface area contributed by atoms with E-state index in [0.717, 1.165) is 57.4 Å². The second kappa shape index (κ2) is 12.9. The quantitative estimate of drug-likeness (QED) is 0.278. The third kappa shape index (κ3) is 8.17. The summed E-state index contributed by atoms with van der Waals surface area (Å²) in [5, 5.41) is 7.00. The highest BCUT2D eigenvalue weighted by Gasteiger charge is 2.34. The smallest absolute Gasteiger partial charge is 0.191 e. The summed E-state index contributed by atoms with van der Waals surface area (Å²) < 4.78 is 11.4. The molecule has 0 aromatic heterocycles. The Labute approximate surface area is 198 Å². The zero-order valence-electron chi connectivity index (χ0n) is 18.5. The number of hydrogen-bond acceptors (Lipinski definition) is 4. The fourth-order valence-electron chi connectivity index (χ4n) is 3.33. The van der Waals surface area contributed by atoms with Crippen molar-refractivity contribution in [2.75, 3.05) is 45.7 Å². The first kappa shape index (κ1) is 26.4. The second-order valence-corrected chi connectivity index (χ2v) is 9.38. The van der Waals surface area contributed by atoms with Gasteiger partial charge in [0.05, 0.1) is 13.2 Å². The van der Waals surface area contributed by atoms with Crippen molar-refractivity contribution in [2.24, 2.45) is 4.99 Å². The maximum Gasteiger partial charge on any atom is 0.191 e. The highest BCUT2D eigenvalue weighted by atomic mass is 127. The molecule has 0 unspecified atom stereocenters. The third-order valence-corrected chi connectivity index (χ3v) is 6.57. The van der Waals surface area contributed by atoms with Crippen molar-refractivity contribution >= 4 is 41.7 Å². The van der Waals surface area contributed by atoms with Crippen molar-refractivity contribution in [3.63, 3.8) is 0 Å². The van der Waals surface area contributed by atoms with E-state index >= 15 is 0 Å². The minimum absolute atomic E-state index is 0. The lowest BCUT2D eigenvalue weighted by Crippen LogP contribution is -2.48. The number of thioether (sulfide) groups is 1. The second-order valence-electron chi connectivity index (χ2n) is 7.86. The normalized spacial score (nSPS) is 16.7. The van der Waals surface area contributed by atoms with Gasteiger partial charge in [-0.15, -0.1) is 24.0 Å². The zero-order chi connectivity index (χ0) is 20.5. The minimum atomic E-state index is 0. The van der Waals surface area contributed by atoms with Crippen LogP contribution in [0.5, 0.6) is 5.75 Å². The van der Waals surface area contributed by atoms with Gasteiger partial charge in [0.1, 0.15) is 5.75 Å². The lowest BCUT2D eigenvalue weighted by Gasteiger charge is -2.38. The molecular weight excluding hydrogens is 497 g/mol. The highest BCUT2D eigenvalue weighted by molar-refractivity contribution is 14.0. The van der Waals surface area contributed by atoms with Gasteiger partial charge in [-0.25, -0.2) is 0 Å². The van der Waals surface area contributed by atoms with Crippen LogP contribution in [0.2, 0.25) is 0 Å². The Morgan fingerprint density at radius 2 is 1.83 bits per heavy atom. The lowest BCUT2D eigenvalue weighted by atomic mass is 9.74. The lowest BCUT2D eigenvalue weighted by molar-refractivity contribution is 0.0513. The molecule has 2 N–H and O–H groups in total. The Morgan fingerprint density at radius 3 is 2.38 bits per heavy atom. The monoisotopic (exact) mass is 535 g/mol. The summed E-state index contributed by atoms with van der Waals surface area (Å²) >= 11 is 1.84. The molecule has 0 radical (unpaired) electrons. The van der Waals surface area contributed by atoms with Crippen LogP contribution in [0.15, 0.2) is 29.3 Å². The molecule has 1 aliphatic heterocycles. The van der Waals surface area contributed by atoms with Crippen LogP contribution in [-0.2, 0) is 10.2 Å². The molecule has 0 aliphatic carbocycles. The van der Waals surface area contributed by atoms with Gasteiger partial charge >= 0.3 is 0 Å². The summed E-state index contributed by atoms with van der Waals surface area (Å²) in [7, 11) is 0. The predicted molar refractivity (Wildman–Crippen MR) is 136 cm³/mol. The highest BCUT2D eigenvalue weighted by Crippen LogP contribution is 2.35. The van der Waals surface area contributed by atoms with Gasteiger partial charge in [0.15, 0.2) is 5.96 Å². The number of nitrogens with one attached hydrogen (secondary N) is 2. The number of guanidine groups is 1. The van der Waals surface area contributed by atoms with Gasteiger partial charge in [0, 0.05) is 36.5 Å². The Balaban J connectivity index is 0.00000420. The zero-order valence-corrected chi connectivity index (χ0v) is 21.7. The van der Waals surface area contributed by atoms with E-state index in [4.69, 9.17) is 14.5 Å². The molecule has 0 amide bonds. The van der Waals surface area contributed by atoms with Gasteiger partial charge in [-0.05, 0) is 64.5 Å². The van der Waals surface area contributed by atoms with Crippen molar-refractivity contribution in [3.8, 4) is 5.75 Å². The van der Waals surface area contributed by atoms with Crippen LogP contribution in [0, 0.1) is 0 Å². The maximum absolute atomic E-state index is 5.67. The van der Waals surface area contributed by atoms with Crippen LogP contribution >= 0.6 is 35.7 Å². The van der Waals surface area contributed by atoms with Crippen LogP contribution in [0.1, 0.15) is 46.1 Å². The summed E-state index contributed by atoms with van der Waals surface area (Å²) in [5.74, 6) is 1.82. The molecule has 166 valence electrons. The molecule has 5 nitrogen and oxygen atoms in total. The van der Waals surface area contributed by atoms with Crippen LogP contribution in [-0.4, -0.2) is 56.4 Å². The largest absolute Gasteiger partial charge is 0.494 e. The Hall–Kier alpha value is -0.670. The van der Waals surface area contributed by atoms with E-state index in [1.54, 1.807) is 0 Å². The van der Waals surface area contributed by atoms with E-state index < -0.39 is 0 Å². The summed E-state index contributed by atoms with van der Waals surface area (Å²) in [6.07, 6.45) is 4.15. The van der Waals surface area contributed by atoms with Gasteiger partial charge in [-0.3, -0.25) is 4.99 Å². The molecule has 1 aromatic rings. The van der Waals surface area contributed by atoms with E-state index in [2.05, 4.69) is 61.9 Å². The van der Waals surface area contributed by atoms with Crippen LogP contribution in [0.3, 0.4) is 0 Å². The first-order valence-corrected chi connectivity index (χ1v) is 11.6. The SMILES string of the molecule is CCNC(=NCC(C)(C)SC)NCC1(c2ccc(OCC)cc2)CCOCC1.I. The fraction of sp³-hybridized carbons (Fsp3) is 0.682. The van der Waals surface area contributed by atoms with Crippen molar-refractivity contribution < 1.29 is 9.47 Å². The fourth-order valence-corrected chi connectivity index (χ4v) is 3.52. The number of halogens is 1. The first-order chi connectivity index (χ1) is 13.4. The minimum Gasteiger partial charge on any atom is -0.494 e. The van der Waals surface area contributed by atoms with Crippen LogP contribution in [0.4, 0.5) is 0 Å².